The minimum atomic E-state index is -0.325. The monoisotopic (exact) mass is 387 g/mol. The van der Waals surface area contributed by atoms with Gasteiger partial charge in [-0.25, -0.2) is 0 Å². The zero-order valence-corrected chi connectivity index (χ0v) is 15.2. The van der Waals surface area contributed by atoms with Gasteiger partial charge in [0.15, 0.2) is 5.82 Å². The first-order chi connectivity index (χ1) is 12.6. The molecule has 26 heavy (non-hydrogen) atoms. The number of nitrogens with zero attached hydrogens (tertiary/aromatic N) is 2. The van der Waals surface area contributed by atoms with Crippen molar-refractivity contribution in [3.05, 3.63) is 75.4 Å². The van der Waals surface area contributed by atoms with Gasteiger partial charge in [-0.2, -0.15) is 4.98 Å². The number of benzene rings is 2. The Hall–Kier alpha value is -2.37. The van der Waals surface area contributed by atoms with Gasteiger partial charge in [0.05, 0.1) is 17.0 Å². The lowest BCUT2D eigenvalue weighted by Gasteiger charge is -2.11. The molecule has 5 nitrogen and oxygen atoms in total. The molecule has 3 aromatic rings. The minimum absolute atomic E-state index is 0.322. The molecular formula is C19H15Cl2N3O2. The van der Waals surface area contributed by atoms with Crippen LogP contribution in [0, 0.1) is 0 Å². The van der Waals surface area contributed by atoms with E-state index >= 15 is 0 Å². The molecule has 4 rings (SSSR count). The highest BCUT2D eigenvalue weighted by Gasteiger charge is 2.28. The second-order valence-electron chi connectivity index (χ2n) is 6.23. The van der Waals surface area contributed by atoms with Crippen molar-refractivity contribution in [3.63, 3.8) is 0 Å². The molecule has 1 amide bonds. The Morgan fingerprint density at radius 3 is 2.81 bits per heavy atom. The van der Waals surface area contributed by atoms with Gasteiger partial charge in [0.25, 0.3) is 5.91 Å². The number of aromatic nitrogens is 2. The van der Waals surface area contributed by atoms with Crippen LogP contribution in [0.1, 0.15) is 46.4 Å². The van der Waals surface area contributed by atoms with Gasteiger partial charge in [0.2, 0.25) is 5.89 Å². The van der Waals surface area contributed by atoms with Crippen LogP contribution in [0.3, 0.4) is 0 Å². The topological polar surface area (TPSA) is 68.0 Å². The van der Waals surface area contributed by atoms with E-state index in [-0.39, 0.29) is 5.91 Å². The van der Waals surface area contributed by atoms with Gasteiger partial charge in [-0.05, 0) is 42.7 Å². The number of hydrogen-bond acceptors (Lipinski definition) is 4. The molecule has 0 bridgehead atoms. The summed E-state index contributed by atoms with van der Waals surface area (Å²) in [5, 5.41) is 7.71. The molecule has 1 N–H and O–H groups in total. The summed E-state index contributed by atoms with van der Waals surface area (Å²) in [4.78, 5) is 17.0. The molecule has 1 heterocycles. The van der Waals surface area contributed by atoms with Gasteiger partial charge in [-0.3, -0.25) is 4.79 Å². The first-order valence-electron chi connectivity index (χ1n) is 8.27. The van der Waals surface area contributed by atoms with Crippen LogP contribution in [0.4, 0.5) is 5.69 Å². The molecule has 1 aliphatic rings. The highest BCUT2D eigenvalue weighted by atomic mass is 35.5. The Bertz CT molecular complexity index is 967. The molecule has 1 aromatic heterocycles. The average molecular weight is 388 g/mol. The molecule has 0 aliphatic heterocycles. The van der Waals surface area contributed by atoms with E-state index in [1.807, 2.05) is 24.3 Å². The van der Waals surface area contributed by atoms with Crippen molar-refractivity contribution in [1.29, 1.82) is 0 Å². The number of carbonyl (C=O) groups excluding carboxylic acids is 1. The van der Waals surface area contributed by atoms with E-state index in [1.54, 1.807) is 18.2 Å². The predicted octanol–water partition coefficient (Wildman–Crippen LogP) is 5.10. The second-order valence-corrected chi connectivity index (χ2v) is 7.08. The molecule has 0 spiro atoms. The molecule has 0 unspecified atom stereocenters. The third kappa shape index (κ3) is 3.74. The highest BCUT2D eigenvalue weighted by molar-refractivity contribution is 6.36. The number of anilines is 1. The Kier molecular flexibility index (Phi) is 4.66. The van der Waals surface area contributed by atoms with Crippen molar-refractivity contribution in [2.75, 3.05) is 5.32 Å². The Morgan fingerprint density at radius 2 is 2.00 bits per heavy atom. The minimum Gasteiger partial charge on any atom is -0.339 e. The summed E-state index contributed by atoms with van der Waals surface area (Å²) < 4.78 is 5.34. The summed E-state index contributed by atoms with van der Waals surface area (Å²) in [6.07, 6.45) is 2.68. The van der Waals surface area contributed by atoms with E-state index in [4.69, 9.17) is 27.7 Å². The summed E-state index contributed by atoms with van der Waals surface area (Å²) >= 11 is 12.1. The Labute approximate surface area is 160 Å². The van der Waals surface area contributed by atoms with Crippen molar-refractivity contribution in [2.24, 2.45) is 0 Å². The van der Waals surface area contributed by atoms with Crippen molar-refractivity contribution in [1.82, 2.24) is 10.1 Å². The quantitative estimate of drug-likeness (QED) is 0.661. The summed E-state index contributed by atoms with van der Waals surface area (Å²) in [7, 11) is 0. The maximum absolute atomic E-state index is 12.6. The van der Waals surface area contributed by atoms with Crippen LogP contribution in [0.15, 0.2) is 47.0 Å². The summed E-state index contributed by atoms with van der Waals surface area (Å²) in [6.45, 7) is 0. The Balaban J connectivity index is 1.55. The lowest BCUT2D eigenvalue weighted by atomic mass is 10.1. The molecule has 2 aromatic carbocycles. The molecule has 0 atom stereocenters. The average Bonchev–Trinajstić information content (AvgIpc) is 3.38. The molecule has 0 saturated heterocycles. The molecule has 0 radical (unpaired) electrons. The summed E-state index contributed by atoms with van der Waals surface area (Å²) in [5.41, 5.74) is 1.87. The van der Waals surface area contributed by atoms with Crippen LogP contribution in [0.5, 0.6) is 0 Å². The van der Waals surface area contributed by atoms with E-state index < -0.39 is 0 Å². The number of halogens is 2. The maximum Gasteiger partial charge on any atom is 0.257 e. The van der Waals surface area contributed by atoms with Gasteiger partial charge in [-0.1, -0.05) is 46.6 Å². The smallest absolute Gasteiger partial charge is 0.257 e. The normalized spacial score (nSPS) is 13.6. The predicted molar refractivity (Wildman–Crippen MR) is 99.9 cm³/mol. The number of amides is 1. The lowest BCUT2D eigenvalue weighted by Crippen LogP contribution is -2.14. The highest BCUT2D eigenvalue weighted by Crippen LogP contribution is 2.38. The van der Waals surface area contributed by atoms with Crippen LogP contribution in [-0.4, -0.2) is 16.0 Å². The Morgan fingerprint density at radius 1 is 1.19 bits per heavy atom. The molecule has 1 saturated carbocycles. The van der Waals surface area contributed by atoms with Crippen molar-refractivity contribution >= 4 is 34.8 Å². The summed E-state index contributed by atoms with van der Waals surface area (Å²) in [5.74, 6) is 1.42. The van der Waals surface area contributed by atoms with E-state index in [2.05, 4.69) is 15.5 Å². The molecular weight excluding hydrogens is 373 g/mol. The van der Waals surface area contributed by atoms with E-state index in [1.165, 1.54) is 0 Å². The third-order valence-electron chi connectivity index (χ3n) is 4.21. The van der Waals surface area contributed by atoms with Crippen LogP contribution in [0.25, 0.3) is 0 Å². The number of para-hydroxylation sites is 1. The fourth-order valence-electron chi connectivity index (χ4n) is 2.67. The number of nitrogens with one attached hydrogen (secondary N) is 1. The van der Waals surface area contributed by atoms with Crippen LogP contribution < -0.4 is 5.32 Å². The third-order valence-corrected chi connectivity index (χ3v) is 4.77. The number of rotatable bonds is 5. The van der Waals surface area contributed by atoms with Gasteiger partial charge < -0.3 is 9.84 Å². The first-order valence-corrected chi connectivity index (χ1v) is 9.02. The summed E-state index contributed by atoms with van der Waals surface area (Å²) in [6, 6.07) is 12.3. The SMILES string of the molecule is O=C(Nc1ccccc1Cc1nc(C2CC2)no1)c1cc(Cl)ccc1Cl. The fourth-order valence-corrected chi connectivity index (χ4v) is 3.04. The number of carbonyl (C=O) groups is 1. The van der Waals surface area contributed by atoms with Gasteiger partial charge in [0.1, 0.15) is 0 Å². The van der Waals surface area contributed by atoms with Gasteiger partial charge in [0, 0.05) is 16.6 Å². The molecule has 132 valence electrons. The van der Waals surface area contributed by atoms with Crippen molar-refractivity contribution in [3.8, 4) is 0 Å². The molecule has 7 heteroatoms. The van der Waals surface area contributed by atoms with Crippen molar-refractivity contribution in [2.45, 2.75) is 25.2 Å². The zero-order valence-electron chi connectivity index (χ0n) is 13.7. The number of hydrogen-bond donors (Lipinski definition) is 1. The largest absolute Gasteiger partial charge is 0.339 e. The first kappa shape index (κ1) is 17.1. The van der Waals surface area contributed by atoms with Crippen LogP contribution >= 0.6 is 23.2 Å². The maximum atomic E-state index is 12.6. The zero-order chi connectivity index (χ0) is 18.1. The molecule has 1 fully saturated rings. The van der Waals surface area contributed by atoms with Gasteiger partial charge >= 0.3 is 0 Å². The van der Waals surface area contributed by atoms with E-state index in [0.717, 1.165) is 24.2 Å². The van der Waals surface area contributed by atoms with Crippen LogP contribution in [-0.2, 0) is 6.42 Å². The fraction of sp³-hybridized carbons (Fsp3) is 0.211. The molecule has 1 aliphatic carbocycles. The van der Waals surface area contributed by atoms with Crippen molar-refractivity contribution < 1.29 is 9.32 Å². The van der Waals surface area contributed by atoms with Gasteiger partial charge in [-0.15, -0.1) is 0 Å². The standard InChI is InChI=1S/C19H15Cl2N3O2/c20-13-7-8-15(21)14(10-13)19(25)22-16-4-2-1-3-12(16)9-17-23-18(24-26-17)11-5-6-11/h1-4,7-8,10-11H,5-6,9H2,(H,22,25). The second kappa shape index (κ2) is 7.09. The van der Waals surface area contributed by atoms with E-state index in [0.29, 0.717) is 39.5 Å². The van der Waals surface area contributed by atoms with E-state index in [9.17, 15) is 4.79 Å². The lowest BCUT2D eigenvalue weighted by molar-refractivity contribution is 0.102. The van der Waals surface area contributed by atoms with Crippen LogP contribution in [0.2, 0.25) is 10.0 Å².